The highest BCUT2D eigenvalue weighted by atomic mass is 32.1. The van der Waals surface area contributed by atoms with E-state index in [4.69, 9.17) is 12.2 Å². The first kappa shape index (κ1) is 27.0. The number of benzene rings is 2. The van der Waals surface area contributed by atoms with Gasteiger partial charge in [-0.05, 0) is 98.4 Å². The van der Waals surface area contributed by atoms with Gasteiger partial charge in [0.05, 0.1) is 23.3 Å². The summed E-state index contributed by atoms with van der Waals surface area (Å²) in [5.74, 6) is -1.56. The smallest absolute Gasteiger partial charge is 0.335 e. The maximum absolute atomic E-state index is 13.3. The molecule has 10 heteroatoms. The summed E-state index contributed by atoms with van der Waals surface area (Å²) >= 11 is 5.76. The van der Waals surface area contributed by atoms with Crippen molar-refractivity contribution >= 4 is 34.9 Å². The first-order valence-electron chi connectivity index (χ1n) is 12.8. The minimum atomic E-state index is -0.976. The number of thiocarbonyl (C=S) groups is 1. The standard InChI is InChI=1S/C30H28FN5O3S/c1-18-17-24(19(2)36(18)23-12-6-20(7-13-23)29(38)39)28-27(25-5-3-4-15-32-25)34-30(40)35(28)16-14-26(37)33-22-10-8-21(31)9-11-22/h3-13,15,17,27-28H,14,16H2,1-2H3,(H,33,37)(H,34,40)(H,38,39). The van der Waals surface area contributed by atoms with Crippen LogP contribution in [0.4, 0.5) is 10.1 Å². The molecule has 1 amide bonds. The molecule has 5 rings (SSSR count). The second-order valence-electron chi connectivity index (χ2n) is 9.64. The van der Waals surface area contributed by atoms with Crippen molar-refractivity contribution in [2.75, 3.05) is 11.9 Å². The third-order valence-corrected chi connectivity index (χ3v) is 7.42. The van der Waals surface area contributed by atoms with Crippen LogP contribution in [0.2, 0.25) is 0 Å². The van der Waals surface area contributed by atoms with Gasteiger partial charge in [0.15, 0.2) is 5.11 Å². The van der Waals surface area contributed by atoms with Crippen molar-refractivity contribution in [1.82, 2.24) is 19.8 Å². The number of hydrogen-bond donors (Lipinski definition) is 3. The zero-order chi connectivity index (χ0) is 28.4. The van der Waals surface area contributed by atoms with Gasteiger partial charge in [0.1, 0.15) is 5.82 Å². The van der Waals surface area contributed by atoms with Gasteiger partial charge in [-0.3, -0.25) is 9.78 Å². The molecule has 8 nitrogen and oxygen atoms in total. The lowest BCUT2D eigenvalue weighted by Crippen LogP contribution is -2.32. The molecular weight excluding hydrogens is 529 g/mol. The van der Waals surface area contributed by atoms with Gasteiger partial charge in [-0.15, -0.1) is 0 Å². The number of nitrogens with zero attached hydrogens (tertiary/aromatic N) is 3. The molecule has 0 aliphatic carbocycles. The number of amides is 1. The van der Waals surface area contributed by atoms with Gasteiger partial charge in [0.2, 0.25) is 5.91 Å². The van der Waals surface area contributed by atoms with E-state index in [9.17, 15) is 19.1 Å². The third kappa shape index (κ3) is 5.43. The molecule has 0 bridgehead atoms. The van der Waals surface area contributed by atoms with Crippen LogP contribution in [0.25, 0.3) is 5.69 Å². The van der Waals surface area contributed by atoms with Crippen LogP contribution < -0.4 is 10.6 Å². The van der Waals surface area contributed by atoms with Crippen molar-refractivity contribution in [3.05, 3.63) is 113 Å². The average molecular weight is 558 g/mol. The Morgan fingerprint density at radius 3 is 2.45 bits per heavy atom. The summed E-state index contributed by atoms with van der Waals surface area (Å²) in [5.41, 5.74) is 5.37. The molecule has 0 radical (unpaired) electrons. The van der Waals surface area contributed by atoms with E-state index in [2.05, 4.69) is 26.3 Å². The Kier molecular flexibility index (Phi) is 7.61. The lowest BCUT2D eigenvalue weighted by Gasteiger charge is -2.28. The fourth-order valence-electron chi connectivity index (χ4n) is 5.20. The van der Waals surface area contributed by atoms with E-state index in [1.807, 2.05) is 36.9 Å². The van der Waals surface area contributed by atoms with Gasteiger partial charge >= 0.3 is 5.97 Å². The number of anilines is 1. The molecule has 3 heterocycles. The number of nitrogens with one attached hydrogen (secondary N) is 2. The molecule has 1 aliphatic rings. The number of aromatic carboxylic acids is 1. The molecular formula is C30H28FN5O3S. The molecule has 2 aromatic carbocycles. The van der Waals surface area contributed by atoms with Crippen LogP contribution in [0.5, 0.6) is 0 Å². The quantitative estimate of drug-likeness (QED) is 0.252. The largest absolute Gasteiger partial charge is 0.478 e. The number of halogens is 1. The van der Waals surface area contributed by atoms with Gasteiger partial charge in [-0.1, -0.05) is 6.07 Å². The average Bonchev–Trinajstić information content (AvgIpc) is 3.43. The predicted molar refractivity (Wildman–Crippen MR) is 154 cm³/mol. The first-order chi connectivity index (χ1) is 19.2. The lowest BCUT2D eigenvalue weighted by atomic mass is 9.96. The molecule has 204 valence electrons. The van der Waals surface area contributed by atoms with E-state index in [1.165, 1.54) is 24.3 Å². The van der Waals surface area contributed by atoms with E-state index in [0.29, 0.717) is 17.3 Å². The Bertz CT molecular complexity index is 1550. The summed E-state index contributed by atoms with van der Waals surface area (Å²) in [6, 6.07) is 19.7. The van der Waals surface area contributed by atoms with E-state index in [-0.39, 0.29) is 35.8 Å². The van der Waals surface area contributed by atoms with Crippen LogP contribution in [0.15, 0.2) is 79.0 Å². The summed E-state index contributed by atoms with van der Waals surface area (Å²) in [4.78, 5) is 30.7. The van der Waals surface area contributed by atoms with E-state index in [1.54, 1.807) is 30.5 Å². The number of carboxylic acids is 1. The number of hydrogen-bond acceptors (Lipinski definition) is 4. The second-order valence-corrected chi connectivity index (χ2v) is 10.0. The van der Waals surface area contributed by atoms with Crippen LogP contribution in [-0.4, -0.2) is 43.1 Å². The monoisotopic (exact) mass is 557 g/mol. The van der Waals surface area contributed by atoms with Crippen molar-refractivity contribution in [3.8, 4) is 5.69 Å². The number of carbonyl (C=O) groups is 2. The fraction of sp³-hybridized carbons (Fsp3) is 0.200. The highest BCUT2D eigenvalue weighted by Crippen LogP contribution is 2.41. The highest BCUT2D eigenvalue weighted by Gasteiger charge is 2.41. The SMILES string of the molecule is Cc1cc(C2C(c3ccccn3)NC(=S)N2CCC(=O)Nc2ccc(F)cc2)c(C)n1-c1ccc(C(=O)O)cc1. The topological polar surface area (TPSA) is 99.5 Å². The highest BCUT2D eigenvalue weighted by molar-refractivity contribution is 7.80. The molecule has 2 unspecified atom stereocenters. The third-order valence-electron chi connectivity index (χ3n) is 7.07. The zero-order valence-corrected chi connectivity index (χ0v) is 22.8. The van der Waals surface area contributed by atoms with Crippen LogP contribution in [0.1, 0.15) is 51.5 Å². The van der Waals surface area contributed by atoms with E-state index >= 15 is 0 Å². The van der Waals surface area contributed by atoms with Crippen molar-refractivity contribution in [2.45, 2.75) is 32.4 Å². The maximum Gasteiger partial charge on any atom is 0.335 e. The van der Waals surface area contributed by atoms with Crippen LogP contribution >= 0.6 is 12.2 Å². The Morgan fingerprint density at radius 2 is 1.80 bits per heavy atom. The van der Waals surface area contributed by atoms with Crippen molar-refractivity contribution in [2.24, 2.45) is 0 Å². The molecule has 1 fully saturated rings. The Labute approximate surface area is 236 Å². The molecule has 2 aromatic heterocycles. The normalized spacial score (nSPS) is 16.6. The van der Waals surface area contributed by atoms with E-state index < -0.39 is 5.97 Å². The summed E-state index contributed by atoms with van der Waals surface area (Å²) < 4.78 is 15.3. The van der Waals surface area contributed by atoms with Crippen LogP contribution in [-0.2, 0) is 4.79 Å². The Balaban J connectivity index is 1.46. The second kappa shape index (κ2) is 11.3. The minimum Gasteiger partial charge on any atom is -0.478 e. The number of carbonyl (C=O) groups excluding carboxylic acids is 1. The minimum absolute atomic E-state index is 0.167. The summed E-state index contributed by atoms with van der Waals surface area (Å²) in [7, 11) is 0. The molecule has 0 spiro atoms. The van der Waals surface area contributed by atoms with Gasteiger partial charge in [-0.25, -0.2) is 9.18 Å². The van der Waals surface area contributed by atoms with E-state index in [0.717, 1.165) is 28.3 Å². The van der Waals surface area contributed by atoms with Crippen LogP contribution in [0.3, 0.4) is 0 Å². The molecule has 1 saturated heterocycles. The van der Waals surface area contributed by atoms with Crippen molar-refractivity contribution < 1.29 is 19.1 Å². The zero-order valence-electron chi connectivity index (χ0n) is 22.0. The molecule has 0 saturated carbocycles. The van der Waals surface area contributed by atoms with Gasteiger partial charge in [-0.2, -0.15) is 0 Å². The number of aryl methyl sites for hydroxylation is 1. The Morgan fingerprint density at radius 1 is 1.07 bits per heavy atom. The predicted octanol–water partition coefficient (Wildman–Crippen LogP) is 5.33. The van der Waals surface area contributed by atoms with Crippen LogP contribution in [0, 0.1) is 19.7 Å². The number of carboxylic acid groups (broad SMARTS) is 1. The lowest BCUT2D eigenvalue weighted by molar-refractivity contribution is -0.116. The number of aromatic nitrogens is 2. The molecule has 3 N–H and O–H groups in total. The van der Waals surface area contributed by atoms with Crippen molar-refractivity contribution in [1.29, 1.82) is 0 Å². The molecule has 2 atom stereocenters. The van der Waals surface area contributed by atoms with Gasteiger partial charge in [0, 0.05) is 41.9 Å². The van der Waals surface area contributed by atoms with Crippen molar-refractivity contribution in [3.63, 3.8) is 0 Å². The molecule has 40 heavy (non-hydrogen) atoms. The number of pyridine rings is 1. The number of rotatable bonds is 8. The Hall–Kier alpha value is -4.57. The maximum atomic E-state index is 13.3. The summed E-state index contributed by atoms with van der Waals surface area (Å²) in [5, 5.41) is 16.0. The van der Waals surface area contributed by atoms with Gasteiger partial charge < -0.3 is 25.2 Å². The summed E-state index contributed by atoms with van der Waals surface area (Å²) in [6.07, 6.45) is 1.91. The fourth-order valence-corrected chi connectivity index (χ4v) is 5.53. The van der Waals surface area contributed by atoms with Gasteiger partial charge in [0.25, 0.3) is 0 Å². The molecule has 4 aromatic rings. The first-order valence-corrected chi connectivity index (χ1v) is 13.2. The molecule has 1 aliphatic heterocycles. The summed E-state index contributed by atoms with van der Waals surface area (Å²) in [6.45, 7) is 4.37.